The summed E-state index contributed by atoms with van der Waals surface area (Å²) in [7, 11) is 0. The number of aromatic nitrogens is 2. The summed E-state index contributed by atoms with van der Waals surface area (Å²) in [4.78, 5) is 30.5. The summed E-state index contributed by atoms with van der Waals surface area (Å²) in [5.74, 6) is 0.578. The quantitative estimate of drug-likeness (QED) is 0.554. The Morgan fingerprint density at radius 2 is 1.93 bits per heavy atom. The maximum absolute atomic E-state index is 13.1. The number of carbonyl (C=O) groups excluding carboxylic acids is 1. The zero-order chi connectivity index (χ0) is 20.3. The van der Waals surface area contributed by atoms with E-state index >= 15 is 0 Å². The largest absolute Gasteiger partial charge is 0.494 e. The highest BCUT2D eigenvalue weighted by molar-refractivity contribution is 7.17. The third kappa shape index (κ3) is 4.09. The van der Waals surface area contributed by atoms with Crippen LogP contribution in [0.4, 0.5) is 0 Å². The van der Waals surface area contributed by atoms with Gasteiger partial charge >= 0.3 is 5.97 Å². The number of hydrogen-bond acceptors (Lipinski definition) is 6. The van der Waals surface area contributed by atoms with E-state index in [1.54, 1.807) is 6.92 Å². The highest BCUT2D eigenvalue weighted by Gasteiger charge is 2.21. The van der Waals surface area contributed by atoms with E-state index in [1.165, 1.54) is 22.2 Å². The van der Waals surface area contributed by atoms with Crippen LogP contribution in [-0.2, 0) is 9.53 Å². The molecular weight excluding hydrogens is 376 g/mol. The highest BCUT2D eigenvalue weighted by Crippen LogP contribution is 2.31. The number of nitrogens with zero attached hydrogens (tertiary/aromatic N) is 2. The second-order valence-electron chi connectivity index (χ2n) is 6.94. The summed E-state index contributed by atoms with van der Waals surface area (Å²) in [6.07, 6.45) is 1.42. The Bertz CT molecular complexity index is 1020. The molecule has 2 heterocycles. The van der Waals surface area contributed by atoms with Gasteiger partial charge in [0.05, 0.1) is 24.9 Å². The van der Waals surface area contributed by atoms with Crippen LogP contribution >= 0.6 is 11.3 Å². The molecule has 148 valence electrons. The van der Waals surface area contributed by atoms with Crippen molar-refractivity contribution in [1.29, 1.82) is 0 Å². The summed E-state index contributed by atoms with van der Waals surface area (Å²) >= 11 is 1.41. The monoisotopic (exact) mass is 400 g/mol. The first-order chi connectivity index (χ1) is 13.4. The zero-order valence-corrected chi connectivity index (χ0v) is 17.3. The minimum Gasteiger partial charge on any atom is -0.494 e. The molecule has 0 N–H and O–H groups in total. The number of ether oxygens (including phenoxy) is 2. The summed E-state index contributed by atoms with van der Waals surface area (Å²) < 4.78 is 12.1. The Balaban J connectivity index is 1.98. The first-order valence-electron chi connectivity index (χ1n) is 9.30. The normalized spacial score (nSPS) is 12.3. The van der Waals surface area contributed by atoms with E-state index in [0.29, 0.717) is 23.4 Å². The van der Waals surface area contributed by atoms with E-state index in [4.69, 9.17) is 9.47 Å². The highest BCUT2D eigenvalue weighted by atomic mass is 32.1. The Labute approximate surface area is 167 Å². The molecule has 1 atom stereocenters. The number of fused-ring (bicyclic) bond motifs is 1. The smallest absolute Gasteiger partial charge is 0.329 e. The zero-order valence-electron chi connectivity index (χ0n) is 16.5. The fourth-order valence-electron chi connectivity index (χ4n) is 2.81. The number of hydrogen-bond donors (Lipinski definition) is 0. The van der Waals surface area contributed by atoms with Crippen LogP contribution in [0.3, 0.4) is 0 Å². The molecule has 0 aliphatic rings. The van der Waals surface area contributed by atoms with Gasteiger partial charge in [0.15, 0.2) is 0 Å². The van der Waals surface area contributed by atoms with Crippen molar-refractivity contribution in [2.75, 3.05) is 13.2 Å². The topological polar surface area (TPSA) is 70.4 Å². The molecule has 6 nitrogen and oxygen atoms in total. The summed E-state index contributed by atoms with van der Waals surface area (Å²) in [5, 5.41) is 2.43. The molecule has 0 aliphatic carbocycles. The molecule has 28 heavy (non-hydrogen) atoms. The molecule has 1 unspecified atom stereocenters. The van der Waals surface area contributed by atoms with Crippen LogP contribution in [0, 0.1) is 5.92 Å². The summed E-state index contributed by atoms with van der Waals surface area (Å²) in [6.45, 7) is 8.43. The molecular formula is C21H24N2O4S. The lowest BCUT2D eigenvalue weighted by Crippen LogP contribution is -2.30. The number of benzene rings is 1. The van der Waals surface area contributed by atoms with Crippen LogP contribution in [0.5, 0.6) is 5.75 Å². The third-order valence-electron chi connectivity index (χ3n) is 4.31. The molecule has 0 fully saturated rings. The first kappa shape index (κ1) is 20.1. The van der Waals surface area contributed by atoms with Crippen LogP contribution in [0.1, 0.15) is 33.7 Å². The van der Waals surface area contributed by atoms with Gasteiger partial charge < -0.3 is 9.47 Å². The minimum absolute atomic E-state index is 0.233. The van der Waals surface area contributed by atoms with E-state index in [2.05, 4.69) is 4.98 Å². The van der Waals surface area contributed by atoms with Crippen LogP contribution in [0.25, 0.3) is 21.3 Å². The lowest BCUT2D eigenvalue weighted by atomic mass is 10.1. The number of esters is 1. The lowest BCUT2D eigenvalue weighted by Gasteiger charge is -2.15. The molecule has 0 spiro atoms. The second kappa shape index (κ2) is 8.56. The predicted octanol–water partition coefficient (Wildman–Crippen LogP) is 4.28. The van der Waals surface area contributed by atoms with Crippen molar-refractivity contribution in [1.82, 2.24) is 9.55 Å². The standard InChI is InChI=1S/C21H24N2O4S/c1-5-26-16-8-6-15(7-9-16)17-11-28-19-18(17)20(24)23(12-22-19)14(4)21(25)27-10-13(2)3/h6-9,11-14H,5,10H2,1-4H3. The maximum Gasteiger partial charge on any atom is 0.329 e. The fraction of sp³-hybridized carbons (Fsp3) is 0.381. The van der Waals surface area contributed by atoms with Gasteiger partial charge in [-0.3, -0.25) is 9.36 Å². The Kier molecular flexibility index (Phi) is 6.14. The van der Waals surface area contributed by atoms with Crippen molar-refractivity contribution in [2.45, 2.75) is 33.7 Å². The number of rotatable bonds is 7. The van der Waals surface area contributed by atoms with Crippen LogP contribution < -0.4 is 10.3 Å². The van der Waals surface area contributed by atoms with E-state index in [1.807, 2.05) is 50.4 Å². The molecule has 0 aliphatic heterocycles. The third-order valence-corrected chi connectivity index (χ3v) is 5.20. The Morgan fingerprint density at radius 1 is 1.21 bits per heavy atom. The van der Waals surface area contributed by atoms with E-state index in [-0.39, 0.29) is 11.5 Å². The lowest BCUT2D eigenvalue weighted by molar-refractivity contribution is -0.148. The van der Waals surface area contributed by atoms with Gasteiger partial charge in [0.1, 0.15) is 16.6 Å². The fourth-order valence-corrected chi connectivity index (χ4v) is 3.72. The van der Waals surface area contributed by atoms with Gasteiger partial charge in [0.25, 0.3) is 5.56 Å². The second-order valence-corrected chi connectivity index (χ2v) is 7.80. The van der Waals surface area contributed by atoms with E-state index < -0.39 is 12.0 Å². The maximum atomic E-state index is 13.1. The van der Waals surface area contributed by atoms with Crippen molar-refractivity contribution < 1.29 is 14.3 Å². The molecule has 0 saturated heterocycles. The van der Waals surface area contributed by atoms with Gasteiger partial charge in [-0.1, -0.05) is 26.0 Å². The molecule has 0 bridgehead atoms. The van der Waals surface area contributed by atoms with Gasteiger partial charge in [0.2, 0.25) is 0 Å². The molecule has 2 aromatic heterocycles. The van der Waals surface area contributed by atoms with E-state index in [9.17, 15) is 9.59 Å². The number of thiophene rings is 1. The van der Waals surface area contributed by atoms with Gasteiger partial charge in [-0.05, 0) is 37.5 Å². The van der Waals surface area contributed by atoms with Crippen molar-refractivity contribution >= 4 is 27.5 Å². The van der Waals surface area contributed by atoms with Gasteiger partial charge in [-0.15, -0.1) is 11.3 Å². The van der Waals surface area contributed by atoms with Gasteiger partial charge in [-0.25, -0.2) is 9.78 Å². The predicted molar refractivity (Wildman–Crippen MR) is 111 cm³/mol. The SMILES string of the molecule is CCOc1ccc(-c2csc3ncn(C(C)C(=O)OCC(C)C)c(=O)c23)cc1. The Morgan fingerprint density at radius 3 is 2.57 bits per heavy atom. The average Bonchev–Trinajstić information content (AvgIpc) is 3.12. The van der Waals surface area contributed by atoms with Crippen molar-refractivity contribution in [3.63, 3.8) is 0 Å². The molecule has 0 radical (unpaired) electrons. The molecule has 0 amide bonds. The van der Waals surface area contributed by atoms with Gasteiger partial charge in [-0.2, -0.15) is 0 Å². The van der Waals surface area contributed by atoms with Gasteiger partial charge in [0, 0.05) is 10.9 Å². The molecule has 7 heteroatoms. The minimum atomic E-state index is -0.740. The molecule has 0 saturated carbocycles. The summed E-state index contributed by atoms with van der Waals surface area (Å²) in [5.41, 5.74) is 1.46. The van der Waals surface area contributed by atoms with Crippen LogP contribution in [0.15, 0.2) is 40.8 Å². The van der Waals surface area contributed by atoms with Crippen molar-refractivity contribution in [2.24, 2.45) is 5.92 Å². The van der Waals surface area contributed by atoms with Crippen molar-refractivity contribution in [3.8, 4) is 16.9 Å². The summed E-state index contributed by atoms with van der Waals surface area (Å²) in [6, 6.07) is 6.86. The molecule has 3 aromatic rings. The molecule has 1 aromatic carbocycles. The average molecular weight is 401 g/mol. The van der Waals surface area contributed by atoms with Crippen LogP contribution in [-0.4, -0.2) is 28.7 Å². The van der Waals surface area contributed by atoms with Crippen molar-refractivity contribution in [3.05, 3.63) is 46.3 Å². The number of carbonyl (C=O) groups is 1. The van der Waals surface area contributed by atoms with Crippen LogP contribution in [0.2, 0.25) is 0 Å². The molecule has 3 rings (SSSR count). The first-order valence-corrected chi connectivity index (χ1v) is 10.2. The Hall–Kier alpha value is -2.67. The van der Waals surface area contributed by atoms with E-state index in [0.717, 1.165) is 16.9 Å².